The highest BCUT2D eigenvalue weighted by molar-refractivity contribution is 5.71. The van der Waals surface area contributed by atoms with E-state index in [1.165, 1.54) is 289 Å². The third kappa shape index (κ3) is 66.4. The van der Waals surface area contributed by atoms with Crippen molar-refractivity contribution < 1.29 is 28.6 Å². The van der Waals surface area contributed by atoms with E-state index >= 15 is 0 Å². The fourth-order valence-electron chi connectivity index (χ4n) is 11.0. The summed E-state index contributed by atoms with van der Waals surface area (Å²) < 4.78 is 16.9. The number of rotatable bonds is 67. The van der Waals surface area contributed by atoms with Crippen molar-refractivity contribution in [1.29, 1.82) is 0 Å². The van der Waals surface area contributed by atoms with Crippen LogP contribution in [0.3, 0.4) is 0 Å². The van der Waals surface area contributed by atoms with Gasteiger partial charge in [0.25, 0.3) is 0 Å². The van der Waals surface area contributed by atoms with Crippen LogP contribution in [-0.2, 0) is 28.6 Å². The molecule has 0 rings (SSSR count). The van der Waals surface area contributed by atoms with Gasteiger partial charge in [0.2, 0.25) is 0 Å². The summed E-state index contributed by atoms with van der Waals surface area (Å²) in [6.45, 7) is 6.64. The molecule has 0 bridgehead atoms. The lowest BCUT2D eigenvalue weighted by Gasteiger charge is -2.18. The van der Waals surface area contributed by atoms with Crippen molar-refractivity contribution in [1.82, 2.24) is 0 Å². The second-order valence-corrected chi connectivity index (χ2v) is 24.5. The lowest BCUT2D eigenvalue weighted by Crippen LogP contribution is -2.30. The van der Waals surface area contributed by atoms with Crippen molar-refractivity contribution in [3.8, 4) is 0 Å². The van der Waals surface area contributed by atoms with E-state index in [2.05, 4.69) is 57.2 Å². The van der Waals surface area contributed by atoms with Crippen LogP contribution < -0.4 is 0 Å². The first-order valence-electron chi connectivity index (χ1n) is 36.0. The highest BCUT2D eigenvalue weighted by Gasteiger charge is 2.19. The van der Waals surface area contributed by atoms with Crippen LogP contribution >= 0.6 is 0 Å². The van der Waals surface area contributed by atoms with Crippen LogP contribution in [0.5, 0.6) is 0 Å². The van der Waals surface area contributed by atoms with Gasteiger partial charge in [-0.3, -0.25) is 14.4 Å². The molecule has 0 N–H and O–H groups in total. The van der Waals surface area contributed by atoms with E-state index < -0.39 is 6.10 Å². The first-order chi connectivity index (χ1) is 39.5. The summed E-state index contributed by atoms with van der Waals surface area (Å²) in [5, 5.41) is 0. The number of esters is 3. The van der Waals surface area contributed by atoms with Gasteiger partial charge in [-0.05, 0) is 57.8 Å². The molecule has 6 nitrogen and oxygen atoms in total. The zero-order chi connectivity index (χ0) is 57.8. The zero-order valence-electron chi connectivity index (χ0n) is 54.1. The van der Waals surface area contributed by atoms with Gasteiger partial charge >= 0.3 is 17.9 Å². The second kappa shape index (κ2) is 69.1. The molecule has 0 aliphatic rings. The number of hydrogen-bond donors (Lipinski definition) is 0. The van der Waals surface area contributed by atoms with Gasteiger partial charge in [-0.1, -0.05) is 359 Å². The summed E-state index contributed by atoms with van der Waals surface area (Å²) in [5.41, 5.74) is 0. The molecule has 0 aromatic rings. The molecule has 0 saturated carbocycles. The van der Waals surface area contributed by atoms with E-state index in [4.69, 9.17) is 14.2 Å². The fraction of sp³-hybridized carbons (Fsp3) is 0.878. The number of ether oxygens (including phenoxy) is 3. The SMILES string of the molecule is CCCCCCC/C=C\C/C=C\C/C=C\CCCCCCCCCCCCCCCCCCCCC(=O)OCC(COC(=O)CCCCCCCC)OC(=O)CCCCCCCCCCCCCCCCCCCCCCCCC. The second-order valence-electron chi connectivity index (χ2n) is 24.5. The van der Waals surface area contributed by atoms with Crippen molar-refractivity contribution in [3.05, 3.63) is 36.5 Å². The molecule has 0 spiro atoms. The van der Waals surface area contributed by atoms with Crippen molar-refractivity contribution in [2.24, 2.45) is 0 Å². The maximum atomic E-state index is 12.9. The van der Waals surface area contributed by atoms with Crippen LogP contribution in [0.4, 0.5) is 0 Å². The Morgan fingerprint density at radius 3 is 0.700 bits per heavy atom. The minimum absolute atomic E-state index is 0.0657. The molecule has 80 heavy (non-hydrogen) atoms. The Balaban J connectivity index is 3.94. The third-order valence-electron chi connectivity index (χ3n) is 16.4. The molecule has 0 aliphatic heterocycles. The lowest BCUT2D eigenvalue weighted by molar-refractivity contribution is -0.167. The molecule has 0 aromatic carbocycles. The average Bonchev–Trinajstić information content (AvgIpc) is 3.46. The fourth-order valence-corrected chi connectivity index (χ4v) is 11.0. The summed E-state index contributed by atoms with van der Waals surface area (Å²) in [6, 6.07) is 0. The predicted octanol–water partition coefficient (Wildman–Crippen LogP) is 24.7. The third-order valence-corrected chi connectivity index (χ3v) is 16.4. The van der Waals surface area contributed by atoms with Crippen LogP contribution in [0.1, 0.15) is 400 Å². The molecule has 0 aromatic heterocycles. The first-order valence-corrected chi connectivity index (χ1v) is 36.0. The van der Waals surface area contributed by atoms with Gasteiger partial charge in [0.1, 0.15) is 13.2 Å². The van der Waals surface area contributed by atoms with Gasteiger partial charge in [-0.25, -0.2) is 0 Å². The van der Waals surface area contributed by atoms with Crippen LogP contribution in [0.15, 0.2) is 36.5 Å². The number of allylic oxidation sites excluding steroid dienone is 6. The minimum atomic E-state index is -0.765. The number of hydrogen-bond acceptors (Lipinski definition) is 6. The molecule has 0 radical (unpaired) electrons. The topological polar surface area (TPSA) is 78.9 Å². The quantitative estimate of drug-likeness (QED) is 0.0261. The highest BCUT2D eigenvalue weighted by atomic mass is 16.6. The first kappa shape index (κ1) is 77.6. The Labute approximate surface area is 499 Å². The minimum Gasteiger partial charge on any atom is -0.462 e. The van der Waals surface area contributed by atoms with Gasteiger partial charge in [0.05, 0.1) is 0 Å². The maximum Gasteiger partial charge on any atom is 0.306 e. The summed E-state index contributed by atoms with van der Waals surface area (Å²) in [7, 11) is 0. The van der Waals surface area contributed by atoms with E-state index in [1.807, 2.05) is 0 Å². The molecule has 0 amide bonds. The van der Waals surface area contributed by atoms with Crippen LogP contribution in [-0.4, -0.2) is 37.2 Å². The Hall–Kier alpha value is -2.37. The zero-order valence-corrected chi connectivity index (χ0v) is 54.1. The van der Waals surface area contributed by atoms with Crippen LogP contribution in [0.25, 0.3) is 0 Å². The molecule has 470 valence electrons. The maximum absolute atomic E-state index is 12.9. The Bertz CT molecular complexity index is 1340. The molecular weight excluding hydrogens is 985 g/mol. The van der Waals surface area contributed by atoms with Crippen molar-refractivity contribution in [2.45, 2.75) is 406 Å². The average molecular weight is 1120 g/mol. The smallest absolute Gasteiger partial charge is 0.306 e. The summed E-state index contributed by atoms with van der Waals surface area (Å²) in [6.07, 6.45) is 86.6. The molecular formula is C74H138O6. The van der Waals surface area contributed by atoms with Gasteiger partial charge in [0, 0.05) is 19.3 Å². The molecule has 0 saturated heterocycles. The van der Waals surface area contributed by atoms with Gasteiger partial charge in [-0.15, -0.1) is 0 Å². The Morgan fingerprint density at radius 2 is 0.450 bits per heavy atom. The normalized spacial score (nSPS) is 12.2. The predicted molar refractivity (Wildman–Crippen MR) is 349 cm³/mol. The molecule has 0 aliphatic carbocycles. The number of unbranched alkanes of at least 4 members (excludes halogenated alkanes) is 50. The molecule has 1 atom stereocenters. The van der Waals surface area contributed by atoms with Crippen LogP contribution in [0, 0.1) is 0 Å². The summed E-state index contributed by atoms with van der Waals surface area (Å²) >= 11 is 0. The largest absolute Gasteiger partial charge is 0.462 e. The standard InChI is InChI=1S/C74H138O6/c1-4-7-10-13-16-18-20-22-24-26-28-30-32-33-34-35-36-37-38-39-40-41-43-44-46-48-50-52-54-56-58-61-64-67-73(76)79-70-71(69-78-72(75)66-63-60-15-12-9-6-3)80-74(77)68-65-62-59-57-55-53-51-49-47-45-42-31-29-27-25-23-21-19-17-14-11-8-5-2/h20,22,26,28,32-33,71H,4-19,21,23-25,27,29-31,34-70H2,1-3H3/b22-20-,28-26-,33-32-. The lowest BCUT2D eigenvalue weighted by atomic mass is 10.0. The van der Waals surface area contributed by atoms with Crippen molar-refractivity contribution in [3.63, 3.8) is 0 Å². The van der Waals surface area contributed by atoms with Crippen molar-refractivity contribution >= 4 is 17.9 Å². The monoisotopic (exact) mass is 1120 g/mol. The highest BCUT2D eigenvalue weighted by Crippen LogP contribution is 2.19. The molecule has 0 fully saturated rings. The van der Waals surface area contributed by atoms with E-state index in [0.717, 1.165) is 70.6 Å². The molecule has 0 heterocycles. The van der Waals surface area contributed by atoms with Gasteiger partial charge in [-0.2, -0.15) is 0 Å². The van der Waals surface area contributed by atoms with Gasteiger partial charge in [0.15, 0.2) is 6.10 Å². The molecule has 6 heteroatoms. The van der Waals surface area contributed by atoms with Crippen LogP contribution in [0.2, 0.25) is 0 Å². The Morgan fingerprint density at radius 1 is 0.250 bits per heavy atom. The summed E-state index contributed by atoms with van der Waals surface area (Å²) in [4.78, 5) is 38.1. The van der Waals surface area contributed by atoms with Crippen molar-refractivity contribution in [2.75, 3.05) is 13.2 Å². The van der Waals surface area contributed by atoms with E-state index in [1.54, 1.807) is 0 Å². The summed E-state index contributed by atoms with van der Waals surface area (Å²) in [5.74, 6) is -0.847. The molecule has 1 unspecified atom stereocenters. The number of carbonyl (C=O) groups excluding carboxylic acids is 3. The van der Waals surface area contributed by atoms with E-state index in [0.29, 0.717) is 19.3 Å². The van der Waals surface area contributed by atoms with E-state index in [9.17, 15) is 14.4 Å². The Kier molecular flexibility index (Phi) is 67.1. The van der Waals surface area contributed by atoms with Gasteiger partial charge < -0.3 is 14.2 Å². The number of carbonyl (C=O) groups is 3. The van der Waals surface area contributed by atoms with E-state index in [-0.39, 0.29) is 31.1 Å².